The van der Waals surface area contributed by atoms with Crippen molar-refractivity contribution in [3.8, 4) is 5.75 Å². The first kappa shape index (κ1) is 11.0. The van der Waals surface area contributed by atoms with E-state index in [4.69, 9.17) is 4.74 Å². The molecule has 0 fully saturated rings. The van der Waals surface area contributed by atoms with E-state index in [1.165, 1.54) is 21.3 Å². The number of hydrogen-bond acceptors (Lipinski definition) is 7. The molecule has 0 aliphatic carbocycles. The molecule has 0 atom stereocenters. The summed E-state index contributed by atoms with van der Waals surface area (Å²) in [6.45, 7) is 0. The summed E-state index contributed by atoms with van der Waals surface area (Å²) in [5.74, 6) is -1.92. The van der Waals surface area contributed by atoms with Crippen molar-refractivity contribution in [2.45, 2.75) is 0 Å². The lowest BCUT2D eigenvalue weighted by atomic mass is 10.3. The third-order valence-corrected chi connectivity index (χ3v) is 1.60. The maximum atomic E-state index is 11.1. The van der Waals surface area contributed by atoms with Crippen LogP contribution in [0.2, 0.25) is 0 Å². The lowest BCUT2D eigenvalue weighted by Crippen LogP contribution is -2.06. The Morgan fingerprint density at radius 3 is 2.20 bits per heavy atom. The molecule has 0 aliphatic rings. The van der Waals surface area contributed by atoms with Gasteiger partial charge in [-0.15, -0.1) is 0 Å². The molecule has 1 aromatic rings. The lowest BCUT2D eigenvalue weighted by molar-refractivity contribution is 0.0544. The monoisotopic (exact) mass is 215 g/mol. The summed E-state index contributed by atoms with van der Waals surface area (Å²) in [5.41, 5.74) is -0.208. The van der Waals surface area contributed by atoms with E-state index < -0.39 is 11.9 Å². The third-order valence-electron chi connectivity index (χ3n) is 1.60. The average molecular weight is 215 g/mol. The molecule has 0 aliphatic heterocycles. The molecule has 82 valence electrons. The minimum Gasteiger partial charge on any atom is -0.490 e. The highest BCUT2D eigenvalue weighted by Crippen LogP contribution is 2.24. The molecular formula is C8H9NO6. The number of carbonyl (C=O) groups is 2. The van der Waals surface area contributed by atoms with Gasteiger partial charge in [0, 0.05) is 0 Å². The van der Waals surface area contributed by atoms with Crippen LogP contribution in [0.15, 0.2) is 4.52 Å². The van der Waals surface area contributed by atoms with Crippen LogP contribution in [0.5, 0.6) is 5.75 Å². The van der Waals surface area contributed by atoms with Gasteiger partial charge < -0.3 is 18.7 Å². The molecule has 0 aromatic carbocycles. The van der Waals surface area contributed by atoms with Crippen molar-refractivity contribution in [1.82, 2.24) is 5.16 Å². The summed E-state index contributed by atoms with van der Waals surface area (Å²) >= 11 is 0. The summed E-state index contributed by atoms with van der Waals surface area (Å²) in [4.78, 5) is 22.3. The maximum Gasteiger partial charge on any atom is 0.380 e. The molecule has 15 heavy (non-hydrogen) atoms. The first-order chi connectivity index (χ1) is 7.15. The highest BCUT2D eigenvalue weighted by atomic mass is 16.6. The summed E-state index contributed by atoms with van der Waals surface area (Å²) in [5, 5.41) is 3.35. The number of methoxy groups -OCH3 is 3. The molecule has 1 heterocycles. The van der Waals surface area contributed by atoms with Gasteiger partial charge in [0.25, 0.3) is 5.76 Å². The van der Waals surface area contributed by atoms with Gasteiger partial charge in [-0.1, -0.05) is 5.16 Å². The standard InChI is InChI=1S/C8H9NO6/c1-12-5-4(7(10)13-2)9-15-6(5)8(11)14-3/h1-3H3. The van der Waals surface area contributed by atoms with Crippen LogP contribution < -0.4 is 4.74 Å². The Kier molecular flexibility index (Phi) is 3.27. The largest absolute Gasteiger partial charge is 0.490 e. The molecule has 0 saturated carbocycles. The summed E-state index contributed by atoms with van der Waals surface area (Å²) < 4.78 is 18.2. The van der Waals surface area contributed by atoms with Crippen molar-refractivity contribution in [2.24, 2.45) is 0 Å². The second-order valence-electron chi connectivity index (χ2n) is 2.38. The van der Waals surface area contributed by atoms with Gasteiger partial charge in [-0.25, -0.2) is 9.59 Å². The predicted molar refractivity (Wildman–Crippen MR) is 45.7 cm³/mol. The Labute approximate surface area is 84.9 Å². The Morgan fingerprint density at radius 1 is 1.13 bits per heavy atom. The van der Waals surface area contributed by atoms with Gasteiger partial charge in [-0.3, -0.25) is 0 Å². The zero-order valence-corrected chi connectivity index (χ0v) is 8.40. The van der Waals surface area contributed by atoms with E-state index in [1.54, 1.807) is 0 Å². The van der Waals surface area contributed by atoms with Gasteiger partial charge in [-0.2, -0.15) is 0 Å². The van der Waals surface area contributed by atoms with Crippen LogP contribution in [0.4, 0.5) is 0 Å². The maximum absolute atomic E-state index is 11.1. The van der Waals surface area contributed by atoms with E-state index in [9.17, 15) is 9.59 Å². The number of carbonyl (C=O) groups excluding carboxylic acids is 2. The fraction of sp³-hybridized carbons (Fsp3) is 0.375. The quantitative estimate of drug-likeness (QED) is 0.668. The van der Waals surface area contributed by atoms with Crippen molar-refractivity contribution < 1.29 is 28.3 Å². The molecule has 0 N–H and O–H groups in total. The van der Waals surface area contributed by atoms with Crippen molar-refractivity contribution in [3.63, 3.8) is 0 Å². The Bertz CT molecular complexity index is 349. The fourth-order valence-corrected chi connectivity index (χ4v) is 0.920. The summed E-state index contributed by atoms with van der Waals surface area (Å²) in [6, 6.07) is 0. The van der Waals surface area contributed by atoms with Gasteiger partial charge >= 0.3 is 11.9 Å². The van der Waals surface area contributed by atoms with Crippen LogP contribution in [-0.2, 0) is 9.47 Å². The van der Waals surface area contributed by atoms with Crippen LogP contribution in [0.1, 0.15) is 21.0 Å². The molecule has 0 unspecified atom stereocenters. The first-order valence-corrected chi connectivity index (χ1v) is 3.86. The SMILES string of the molecule is COC(=O)c1noc(C(=O)OC)c1OC. The van der Waals surface area contributed by atoms with Gasteiger partial charge in [0.1, 0.15) is 0 Å². The first-order valence-electron chi connectivity index (χ1n) is 3.86. The molecule has 7 heteroatoms. The number of aromatic nitrogens is 1. The van der Waals surface area contributed by atoms with Gasteiger partial charge in [0.15, 0.2) is 0 Å². The zero-order chi connectivity index (χ0) is 11.4. The Hall–Kier alpha value is -2.05. The van der Waals surface area contributed by atoms with E-state index in [0.717, 1.165) is 0 Å². The second-order valence-corrected chi connectivity index (χ2v) is 2.38. The summed E-state index contributed by atoms with van der Waals surface area (Å²) in [6.07, 6.45) is 0. The molecular weight excluding hydrogens is 206 g/mol. The third kappa shape index (κ3) is 1.90. The number of nitrogens with zero attached hydrogens (tertiary/aromatic N) is 1. The lowest BCUT2D eigenvalue weighted by Gasteiger charge is -1.99. The van der Waals surface area contributed by atoms with Crippen molar-refractivity contribution >= 4 is 11.9 Å². The minimum atomic E-state index is -0.783. The van der Waals surface area contributed by atoms with Gasteiger partial charge in [0.05, 0.1) is 21.3 Å². The van der Waals surface area contributed by atoms with Gasteiger partial charge in [0.2, 0.25) is 11.4 Å². The number of rotatable bonds is 3. The molecule has 0 amide bonds. The normalized spacial score (nSPS) is 9.53. The average Bonchev–Trinajstić information content (AvgIpc) is 2.70. The van der Waals surface area contributed by atoms with Crippen molar-refractivity contribution in [1.29, 1.82) is 0 Å². The van der Waals surface area contributed by atoms with E-state index in [0.29, 0.717) is 0 Å². The molecule has 1 rings (SSSR count). The molecule has 0 saturated heterocycles. The highest BCUT2D eigenvalue weighted by Gasteiger charge is 2.28. The van der Waals surface area contributed by atoms with E-state index >= 15 is 0 Å². The smallest absolute Gasteiger partial charge is 0.380 e. The molecule has 0 bridgehead atoms. The van der Waals surface area contributed by atoms with Crippen molar-refractivity contribution in [3.05, 3.63) is 11.5 Å². The predicted octanol–water partition coefficient (Wildman–Crippen LogP) is 0.256. The van der Waals surface area contributed by atoms with Crippen molar-refractivity contribution in [2.75, 3.05) is 21.3 Å². The topological polar surface area (TPSA) is 87.9 Å². The van der Waals surface area contributed by atoms with E-state index in [-0.39, 0.29) is 17.2 Å². The number of ether oxygens (including phenoxy) is 3. The minimum absolute atomic E-state index is 0.103. The van der Waals surface area contributed by atoms with Crippen LogP contribution in [0.3, 0.4) is 0 Å². The Balaban J connectivity index is 3.16. The molecule has 1 aromatic heterocycles. The van der Waals surface area contributed by atoms with Crippen LogP contribution in [-0.4, -0.2) is 38.4 Å². The highest BCUT2D eigenvalue weighted by molar-refractivity contribution is 5.96. The van der Waals surface area contributed by atoms with E-state index in [2.05, 4.69) is 19.2 Å². The molecule has 7 nitrogen and oxygen atoms in total. The Morgan fingerprint density at radius 2 is 1.73 bits per heavy atom. The molecule has 0 radical (unpaired) electrons. The fourth-order valence-electron chi connectivity index (χ4n) is 0.920. The van der Waals surface area contributed by atoms with Gasteiger partial charge in [-0.05, 0) is 0 Å². The second kappa shape index (κ2) is 4.45. The van der Waals surface area contributed by atoms with Crippen LogP contribution in [0.25, 0.3) is 0 Å². The molecule has 0 spiro atoms. The van der Waals surface area contributed by atoms with Crippen LogP contribution >= 0.6 is 0 Å². The number of esters is 2. The zero-order valence-electron chi connectivity index (χ0n) is 8.40. The number of hydrogen-bond donors (Lipinski definition) is 0. The van der Waals surface area contributed by atoms with Crippen LogP contribution in [0, 0.1) is 0 Å². The van der Waals surface area contributed by atoms with E-state index in [1.807, 2.05) is 0 Å². The summed E-state index contributed by atoms with van der Waals surface area (Å²) in [7, 11) is 3.61.